The Morgan fingerprint density at radius 2 is 2.60 bits per heavy atom. The van der Waals surface area contributed by atoms with E-state index in [9.17, 15) is 4.79 Å². The van der Waals surface area contributed by atoms with Gasteiger partial charge in [-0.05, 0) is 19.8 Å². The summed E-state index contributed by atoms with van der Waals surface area (Å²) in [5.74, 6) is -0.829. The second-order valence-corrected chi connectivity index (χ2v) is 3.74. The maximum Gasteiger partial charge on any atom is 0.307 e. The maximum absolute atomic E-state index is 10.6. The molecule has 0 saturated carbocycles. The lowest BCUT2D eigenvalue weighted by atomic mass is 10.2. The maximum atomic E-state index is 10.6. The van der Waals surface area contributed by atoms with E-state index in [2.05, 4.69) is 5.10 Å². The zero-order valence-corrected chi connectivity index (χ0v) is 8.64. The summed E-state index contributed by atoms with van der Waals surface area (Å²) < 4.78 is 7.27. The molecule has 0 amide bonds. The van der Waals surface area contributed by atoms with Crippen molar-refractivity contribution in [3.05, 3.63) is 17.5 Å². The van der Waals surface area contributed by atoms with Crippen molar-refractivity contribution in [3.8, 4) is 0 Å². The molecule has 0 radical (unpaired) electrons. The molecule has 1 fully saturated rings. The van der Waals surface area contributed by atoms with E-state index >= 15 is 0 Å². The van der Waals surface area contributed by atoms with Crippen LogP contribution in [0.15, 0.2) is 6.20 Å². The van der Waals surface area contributed by atoms with Gasteiger partial charge in [-0.25, -0.2) is 4.68 Å². The Labute approximate surface area is 87.7 Å². The van der Waals surface area contributed by atoms with Crippen LogP contribution in [0.25, 0.3) is 0 Å². The Hall–Kier alpha value is -1.36. The number of nitrogens with zero attached hydrogens (tertiary/aromatic N) is 2. The van der Waals surface area contributed by atoms with Crippen LogP contribution in [0.5, 0.6) is 0 Å². The fraction of sp³-hybridized carbons (Fsp3) is 0.600. The highest BCUT2D eigenvalue weighted by molar-refractivity contribution is 5.70. The number of aromatic nitrogens is 2. The Morgan fingerprint density at radius 3 is 3.20 bits per heavy atom. The van der Waals surface area contributed by atoms with Crippen LogP contribution in [0, 0.1) is 6.92 Å². The summed E-state index contributed by atoms with van der Waals surface area (Å²) >= 11 is 0. The van der Waals surface area contributed by atoms with E-state index in [4.69, 9.17) is 9.84 Å². The highest BCUT2D eigenvalue weighted by Crippen LogP contribution is 2.24. The van der Waals surface area contributed by atoms with E-state index in [0.29, 0.717) is 0 Å². The summed E-state index contributed by atoms with van der Waals surface area (Å²) in [4.78, 5) is 10.6. The summed E-state index contributed by atoms with van der Waals surface area (Å²) in [5, 5.41) is 12.9. The fourth-order valence-electron chi connectivity index (χ4n) is 1.84. The van der Waals surface area contributed by atoms with Crippen LogP contribution in [0.1, 0.15) is 30.3 Å². The summed E-state index contributed by atoms with van der Waals surface area (Å²) in [6.07, 6.45) is 3.63. The zero-order valence-electron chi connectivity index (χ0n) is 8.64. The SMILES string of the molecule is Cc1c(CC(=O)O)cnn1C1CCCO1. The third kappa shape index (κ3) is 2.02. The van der Waals surface area contributed by atoms with E-state index in [-0.39, 0.29) is 12.6 Å². The Bertz CT molecular complexity index is 367. The Kier molecular flexibility index (Phi) is 2.73. The van der Waals surface area contributed by atoms with Gasteiger partial charge >= 0.3 is 5.97 Å². The van der Waals surface area contributed by atoms with Gasteiger partial charge < -0.3 is 9.84 Å². The first-order chi connectivity index (χ1) is 7.18. The van der Waals surface area contributed by atoms with E-state index in [1.165, 1.54) is 0 Å². The van der Waals surface area contributed by atoms with Gasteiger partial charge in [0.1, 0.15) is 0 Å². The molecule has 1 aliphatic heterocycles. The quantitative estimate of drug-likeness (QED) is 0.812. The smallest absolute Gasteiger partial charge is 0.307 e. The Morgan fingerprint density at radius 1 is 1.80 bits per heavy atom. The fourth-order valence-corrected chi connectivity index (χ4v) is 1.84. The van der Waals surface area contributed by atoms with Crippen LogP contribution in [0.2, 0.25) is 0 Å². The van der Waals surface area contributed by atoms with E-state index in [1.54, 1.807) is 10.9 Å². The second-order valence-electron chi connectivity index (χ2n) is 3.74. The van der Waals surface area contributed by atoms with Gasteiger partial charge in [0.15, 0.2) is 6.23 Å². The highest BCUT2D eigenvalue weighted by Gasteiger charge is 2.21. The molecule has 1 atom stereocenters. The van der Waals surface area contributed by atoms with E-state index in [1.807, 2.05) is 6.92 Å². The number of hydrogen-bond donors (Lipinski definition) is 1. The van der Waals surface area contributed by atoms with Crippen LogP contribution in [-0.2, 0) is 16.0 Å². The molecule has 1 aliphatic rings. The van der Waals surface area contributed by atoms with E-state index in [0.717, 1.165) is 30.7 Å². The largest absolute Gasteiger partial charge is 0.481 e. The molecule has 1 saturated heterocycles. The van der Waals surface area contributed by atoms with Crippen LogP contribution in [0.4, 0.5) is 0 Å². The molecule has 5 heteroatoms. The molecule has 0 aromatic carbocycles. The second kappa shape index (κ2) is 4.02. The molecule has 1 N–H and O–H groups in total. The lowest BCUT2D eigenvalue weighted by molar-refractivity contribution is -0.136. The summed E-state index contributed by atoms with van der Waals surface area (Å²) in [6.45, 7) is 2.64. The van der Waals surface area contributed by atoms with Crippen molar-refractivity contribution in [2.45, 2.75) is 32.4 Å². The van der Waals surface area contributed by atoms with Crippen molar-refractivity contribution in [3.63, 3.8) is 0 Å². The van der Waals surface area contributed by atoms with Crippen molar-refractivity contribution in [2.24, 2.45) is 0 Å². The van der Waals surface area contributed by atoms with Crippen LogP contribution in [-0.4, -0.2) is 27.5 Å². The summed E-state index contributed by atoms with van der Waals surface area (Å²) in [7, 11) is 0. The zero-order chi connectivity index (χ0) is 10.8. The van der Waals surface area contributed by atoms with Gasteiger partial charge in [-0.15, -0.1) is 0 Å². The molecule has 1 aromatic rings. The topological polar surface area (TPSA) is 64.3 Å². The third-order valence-electron chi connectivity index (χ3n) is 2.67. The third-order valence-corrected chi connectivity index (χ3v) is 2.67. The average molecular weight is 210 g/mol. The van der Waals surface area contributed by atoms with Crippen LogP contribution >= 0.6 is 0 Å². The molecule has 2 rings (SSSR count). The number of carboxylic acids is 1. The molecule has 15 heavy (non-hydrogen) atoms. The van der Waals surface area contributed by atoms with Crippen LogP contribution < -0.4 is 0 Å². The van der Waals surface area contributed by atoms with E-state index < -0.39 is 5.97 Å². The first kappa shape index (κ1) is 10.2. The van der Waals surface area contributed by atoms with Crippen molar-refractivity contribution in [1.82, 2.24) is 9.78 Å². The molecule has 0 aliphatic carbocycles. The predicted molar refractivity (Wildman–Crippen MR) is 52.5 cm³/mol. The predicted octanol–water partition coefficient (Wildman–Crippen LogP) is 1.13. The van der Waals surface area contributed by atoms with Gasteiger partial charge in [-0.3, -0.25) is 4.79 Å². The number of hydrogen-bond acceptors (Lipinski definition) is 3. The van der Waals surface area contributed by atoms with Gasteiger partial charge in [0.05, 0.1) is 12.6 Å². The summed E-state index contributed by atoms with van der Waals surface area (Å²) in [6, 6.07) is 0. The molecule has 1 aromatic heterocycles. The number of aliphatic carboxylic acids is 1. The van der Waals surface area contributed by atoms with Gasteiger partial charge in [-0.2, -0.15) is 5.10 Å². The molecule has 0 spiro atoms. The first-order valence-electron chi connectivity index (χ1n) is 5.05. The monoisotopic (exact) mass is 210 g/mol. The first-order valence-corrected chi connectivity index (χ1v) is 5.05. The highest BCUT2D eigenvalue weighted by atomic mass is 16.5. The molecular weight excluding hydrogens is 196 g/mol. The van der Waals surface area contributed by atoms with Gasteiger partial charge in [0.25, 0.3) is 0 Å². The lowest BCUT2D eigenvalue weighted by Gasteiger charge is -2.12. The molecule has 1 unspecified atom stereocenters. The van der Waals surface area contributed by atoms with Gasteiger partial charge in [-0.1, -0.05) is 0 Å². The number of carbonyl (C=O) groups is 1. The number of ether oxygens (including phenoxy) is 1. The number of rotatable bonds is 3. The molecule has 2 heterocycles. The molecular formula is C10H14N2O3. The van der Waals surface area contributed by atoms with Crippen molar-refractivity contribution < 1.29 is 14.6 Å². The minimum absolute atomic E-state index is 0.00690. The Balaban J connectivity index is 2.18. The average Bonchev–Trinajstić information content (AvgIpc) is 2.76. The minimum atomic E-state index is -0.829. The molecule has 5 nitrogen and oxygen atoms in total. The standard InChI is InChI=1S/C10H14N2O3/c1-7-8(5-10(13)14)6-11-12(7)9-3-2-4-15-9/h6,9H,2-5H2,1H3,(H,13,14). The van der Waals surface area contributed by atoms with Gasteiger partial charge in [0.2, 0.25) is 0 Å². The lowest BCUT2D eigenvalue weighted by Crippen LogP contribution is -2.11. The van der Waals surface area contributed by atoms with Crippen molar-refractivity contribution in [1.29, 1.82) is 0 Å². The van der Waals surface area contributed by atoms with Crippen molar-refractivity contribution >= 4 is 5.97 Å². The van der Waals surface area contributed by atoms with Crippen LogP contribution in [0.3, 0.4) is 0 Å². The summed E-state index contributed by atoms with van der Waals surface area (Å²) in [5.41, 5.74) is 1.65. The minimum Gasteiger partial charge on any atom is -0.481 e. The molecule has 82 valence electrons. The number of carboxylic acid groups (broad SMARTS) is 1. The van der Waals surface area contributed by atoms with Crippen molar-refractivity contribution in [2.75, 3.05) is 6.61 Å². The normalized spacial score (nSPS) is 20.7. The molecule has 0 bridgehead atoms. The van der Waals surface area contributed by atoms with Gasteiger partial charge in [0, 0.05) is 17.9 Å².